The van der Waals surface area contributed by atoms with Gasteiger partial charge in [0.1, 0.15) is 5.82 Å². The monoisotopic (exact) mass is 306 g/mol. The lowest BCUT2D eigenvalue weighted by molar-refractivity contribution is 0.222. The van der Waals surface area contributed by atoms with E-state index in [-0.39, 0.29) is 10.8 Å². The van der Waals surface area contributed by atoms with Crippen LogP contribution >= 0.6 is 11.6 Å². The van der Waals surface area contributed by atoms with Crippen LogP contribution in [0.1, 0.15) is 5.56 Å². The van der Waals surface area contributed by atoms with Crippen LogP contribution in [0.15, 0.2) is 23.1 Å². The molecular formula is C12H16ClFN2O2S. The summed E-state index contributed by atoms with van der Waals surface area (Å²) in [4.78, 5) is 2.03. The fourth-order valence-electron chi connectivity index (χ4n) is 2.05. The molecule has 0 radical (unpaired) electrons. The van der Waals surface area contributed by atoms with E-state index in [9.17, 15) is 12.8 Å². The first-order chi connectivity index (χ1) is 8.95. The van der Waals surface area contributed by atoms with Crippen molar-refractivity contribution in [1.82, 2.24) is 9.21 Å². The molecule has 0 aromatic heterocycles. The summed E-state index contributed by atoms with van der Waals surface area (Å²) >= 11 is 5.74. The number of piperazine rings is 1. The zero-order valence-corrected chi connectivity index (χ0v) is 12.2. The van der Waals surface area contributed by atoms with Crippen molar-refractivity contribution < 1.29 is 12.8 Å². The maximum atomic E-state index is 13.3. The zero-order chi connectivity index (χ0) is 14.0. The van der Waals surface area contributed by atoms with Gasteiger partial charge < -0.3 is 4.90 Å². The highest BCUT2D eigenvalue weighted by atomic mass is 35.5. The van der Waals surface area contributed by atoms with Crippen molar-refractivity contribution in [3.8, 4) is 0 Å². The van der Waals surface area contributed by atoms with Gasteiger partial charge in [-0.1, -0.05) is 6.07 Å². The quantitative estimate of drug-likeness (QED) is 0.795. The van der Waals surface area contributed by atoms with Gasteiger partial charge in [0.05, 0.1) is 4.90 Å². The van der Waals surface area contributed by atoms with E-state index in [1.165, 1.54) is 16.4 Å². The van der Waals surface area contributed by atoms with Crippen molar-refractivity contribution in [3.63, 3.8) is 0 Å². The van der Waals surface area contributed by atoms with Crippen molar-refractivity contribution in [3.05, 3.63) is 29.6 Å². The van der Waals surface area contributed by atoms with Crippen molar-refractivity contribution >= 4 is 21.6 Å². The van der Waals surface area contributed by atoms with Gasteiger partial charge in [-0.05, 0) is 24.7 Å². The summed E-state index contributed by atoms with van der Waals surface area (Å²) in [5.41, 5.74) is 0.432. The Morgan fingerprint density at radius 3 is 2.47 bits per heavy atom. The maximum Gasteiger partial charge on any atom is 0.243 e. The van der Waals surface area contributed by atoms with Gasteiger partial charge in [-0.3, -0.25) is 0 Å². The second-order valence-corrected chi connectivity index (χ2v) is 6.77. The molecule has 2 rings (SSSR count). The predicted molar refractivity (Wildman–Crippen MR) is 72.2 cm³/mol. The highest BCUT2D eigenvalue weighted by Crippen LogP contribution is 2.23. The number of alkyl halides is 1. The van der Waals surface area contributed by atoms with Crippen molar-refractivity contribution in [2.75, 3.05) is 33.2 Å². The van der Waals surface area contributed by atoms with E-state index in [2.05, 4.69) is 4.90 Å². The van der Waals surface area contributed by atoms with Crippen molar-refractivity contribution in [2.45, 2.75) is 10.8 Å². The molecule has 0 N–H and O–H groups in total. The van der Waals surface area contributed by atoms with E-state index >= 15 is 0 Å². The van der Waals surface area contributed by atoms with E-state index in [1.54, 1.807) is 0 Å². The van der Waals surface area contributed by atoms with Gasteiger partial charge in [0.2, 0.25) is 10.0 Å². The number of hydrogen-bond donors (Lipinski definition) is 0. The minimum absolute atomic E-state index is 0.0212. The summed E-state index contributed by atoms with van der Waals surface area (Å²) < 4.78 is 39.7. The lowest BCUT2D eigenvalue weighted by Gasteiger charge is -2.31. The van der Waals surface area contributed by atoms with E-state index in [0.717, 1.165) is 6.07 Å². The molecule has 1 heterocycles. The van der Waals surface area contributed by atoms with E-state index in [4.69, 9.17) is 11.6 Å². The summed E-state index contributed by atoms with van der Waals surface area (Å²) in [6.45, 7) is 2.17. The molecule has 4 nitrogen and oxygen atoms in total. The molecule has 1 fully saturated rings. The second-order valence-electron chi connectivity index (χ2n) is 4.59. The van der Waals surface area contributed by atoms with Crippen LogP contribution in [0.2, 0.25) is 0 Å². The lowest BCUT2D eigenvalue weighted by atomic mass is 10.2. The fraction of sp³-hybridized carbons (Fsp3) is 0.500. The molecule has 0 spiro atoms. The molecule has 1 aromatic rings. The number of likely N-dealkylation sites (N-methyl/N-ethyl adjacent to an activating group) is 1. The average Bonchev–Trinajstić information content (AvgIpc) is 2.39. The Kier molecular flexibility index (Phi) is 4.45. The standard InChI is InChI=1S/C12H16ClFN2O2S/c1-15-4-6-16(7-5-15)19(17,18)12-8-11(14)3-2-10(12)9-13/h2-3,8H,4-7,9H2,1H3. The SMILES string of the molecule is CN1CCN(S(=O)(=O)c2cc(F)ccc2CCl)CC1. The molecule has 0 atom stereocenters. The number of halogens is 2. The number of sulfonamides is 1. The van der Waals surface area contributed by atoms with Crippen molar-refractivity contribution in [1.29, 1.82) is 0 Å². The zero-order valence-electron chi connectivity index (χ0n) is 10.6. The average molecular weight is 307 g/mol. The molecule has 0 bridgehead atoms. The molecule has 1 aliphatic rings. The van der Waals surface area contributed by atoms with Crippen LogP contribution in [0.25, 0.3) is 0 Å². The minimum Gasteiger partial charge on any atom is -0.304 e. The van der Waals surface area contributed by atoms with Gasteiger partial charge >= 0.3 is 0 Å². The summed E-state index contributed by atoms with van der Waals surface area (Å²) in [5, 5.41) is 0. The molecule has 106 valence electrons. The summed E-state index contributed by atoms with van der Waals surface area (Å²) in [7, 11) is -1.73. The summed E-state index contributed by atoms with van der Waals surface area (Å²) in [6, 6.07) is 3.69. The molecular weight excluding hydrogens is 291 g/mol. The van der Waals surface area contributed by atoms with Crippen LogP contribution in [0, 0.1) is 5.82 Å². The lowest BCUT2D eigenvalue weighted by Crippen LogP contribution is -2.47. The van der Waals surface area contributed by atoms with Crippen molar-refractivity contribution in [2.24, 2.45) is 0 Å². The van der Waals surface area contributed by atoms with Gasteiger partial charge in [-0.25, -0.2) is 12.8 Å². The normalized spacial score (nSPS) is 18.7. The number of hydrogen-bond acceptors (Lipinski definition) is 3. The van der Waals surface area contributed by atoms with Crippen LogP contribution in [0.4, 0.5) is 4.39 Å². The van der Waals surface area contributed by atoms with E-state index in [1.807, 2.05) is 7.05 Å². The van der Waals surface area contributed by atoms with Crippen LogP contribution in [0.3, 0.4) is 0 Å². The second kappa shape index (κ2) is 5.75. The Labute approximate surface area is 117 Å². The largest absolute Gasteiger partial charge is 0.304 e. The number of nitrogens with zero attached hydrogens (tertiary/aromatic N) is 2. The van der Waals surface area contributed by atoms with Gasteiger partial charge in [0, 0.05) is 32.1 Å². The molecule has 1 saturated heterocycles. The van der Waals surface area contributed by atoms with Gasteiger partial charge in [-0.15, -0.1) is 11.6 Å². The molecule has 1 aliphatic heterocycles. The predicted octanol–water partition coefficient (Wildman–Crippen LogP) is 1.50. The highest BCUT2D eigenvalue weighted by Gasteiger charge is 2.29. The number of benzene rings is 1. The number of rotatable bonds is 3. The third-order valence-corrected chi connectivity index (χ3v) is 5.52. The Hall–Kier alpha value is -0.690. The van der Waals surface area contributed by atoms with Gasteiger partial charge in [0.25, 0.3) is 0 Å². The Bertz CT molecular complexity index is 557. The first kappa shape index (κ1) is 14.7. The summed E-state index contributed by atoms with van der Waals surface area (Å²) in [5.74, 6) is -0.524. The highest BCUT2D eigenvalue weighted by molar-refractivity contribution is 7.89. The first-order valence-electron chi connectivity index (χ1n) is 5.98. The Morgan fingerprint density at radius 1 is 1.26 bits per heavy atom. The molecule has 0 unspecified atom stereocenters. The topological polar surface area (TPSA) is 40.6 Å². The van der Waals surface area contributed by atoms with Crippen LogP contribution in [-0.4, -0.2) is 50.8 Å². The minimum atomic E-state index is -3.67. The van der Waals surface area contributed by atoms with E-state index < -0.39 is 15.8 Å². The molecule has 1 aromatic carbocycles. The van der Waals surface area contributed by atoms with Crippen LogP contribution < -0.4 is 0 Å². The molecule has 7 heteroatoms. The smallest absolute Gasteiger partial charge is 0.243 e. The van der Waals surface area contributed by atoms with Gasteiger partial charge in [-0.2, -0.15) is 4.31 Å². The fourth-order valence-corrected chi connectivity index (χ4v) is 4.01. The van der Waals surface area contributed by atoms with Crippen LogP contribution in [0.5, 0.6) is 0 Å². The molecule has 0 saturated carbocycles. The first-order valence-corrected chi connectivity index (χ1v) is 7.95. The Balaban J connectivity index is 2.36. The molecule has 0 aliphatic carbocycles. The van der Waals surface area contributed by atoms with Crippen LogP contribution in [-0.2, 0) is 15.9 Å². The summed E-state index contributed by atoms with van der Waals surface area (Å²) in [6.07, 6.45) is 0. The molecule has 0 amide bonds. The van der Waals surface area contributed by atoms with Gasteiger partial charge in [0.15, 0.2) is 0 Å². The maximum absolute atomic E-state index is 13.3. The Morgan fingerprint density at radius 2 is 1.89 bits per heavy atom. The van der Waals surface area contributed by atoms with E-state index in [0.29, 0.717) is 31.7 Å². The third kappa shape index (κ3) is 3.08. The molecule has 19 heavy (non-hydrogen) atoms. The third-order valence-electron chi connectivity index (χ3n) is 3.25.